The van der Waals surface area contributed by atoms with Gasteiger partial charge >= 0.3 is 0 Å². The molecule has 0 spiro atoms. The number of benzene rings is 1. The number of rotatable bonds is 4. The fraction of sp³-hybridized carbons (Fsp3) is 0.412. The first-order chi connectivity index (χ1) is 9.69. The molecule has 20 heavy (non-hydrogen) atoms. The summed E-state index contributed by atoms with van der Waals surface area (Å²) in [6, 6.07) is 13.2. The van der Waals surface area contributed by atoms with Crippen molar-refractivity contribution in [1.29, 1.82) is 0 Å². The van der Waals surface area contributed by atoms with Crippen molar-refractivity contribution in [3.05, 3.63) is 53.3 Å². The second-order valence-corrected chi connectivity index (χ2v) is 5.69. The van der Waals surface area contributed by atoms with Crippen LogP contribution in [-0.4, -0.2) is 17.8 Å². The highest BCUT2D eigenvalue weighted by atomic mass is 16.5. The molecule has 1 heterocycles. The van der Waals surface area contributed by atoms with Crippen molar-refractivity contribution in [2.24, 2.45) is 0 Å². The molecule has 0 amide bonds. The van der Waals surface area contributed by atoms with E-state index in [1.54, 1.807) is 7.11 Å². The second kappa shape index (κ2) is 5.23. The van der Waals surface area contributed by atoms with E-state index in [9.17, 15) is 0 Å². The summed E-state index contributed by atoms with van der Waals surface area (Å²) in [6.07, 6.45) is 2.33. The van der Waals surface area contributed by atoms with Crippen LogP contribution in [0.25, 0.3) is 0 Å². The summed E-state index contributed by atoms with van der Waals surface area (Å²) in [6.45, 7) is 4.27. The van der Waals surface area contributed by atoms with Gasteiger partial charge in [0.25, 0.3) is 0 Å². The van der Waals surface area contributed by atoms with Crippen molar-refractivity contribution < 1.29 is 4.74 Å². The fourth-order valence-electron chi connectivity index (χ4n) is 3.04. The zero-order valence-electron chi connectivity index (χ0n) is 12.4. The minimum Gasteiger partial charge on any atom is -0.496 e. The fourth-order valence-corrected chi connectivity index (χ4v) is 3.04. The van der Waals surface area contributed by atoms with Gasteiger partial charge in [0, 0.05) is 17.4 Å². The van der Waals surface area contributed by atoms with Gasteiger partial charge in [-0.25, -0.2) is 0 Å². The Morgan fingerprint density at radius 1 is 1.05 bits per heavy atom. The van der Waals surface area contributed by atoms with Crippen molar-refractivity contribution in [3.8, 4) is 5.75 Å². The van der Waals surface area contributed by atoms with E-state index >= 15 is 0 Å². The lowest BCUT2D eigenvalue weighted by molar-refractivity contribution is 0.333. The SMILES string of the molecule is COc1ccccc1C1CC(Nn2c(C)ccc2C)C1. The molecular formula is C17H22N2O. The minimum atomic E-state index is 0.551. The van der Waals surface area contributed by atoms with E-state index in [0.717, 1.165) is 18.6 Å². The molecule has 1 N–H and O–H groups in total. The van der Waals surface area contributed by atoms with Crippen LogP contribution in [0.3, 0.4) is 0 Å². The molecule has 1 fully saturated rings. The number of hydrogen-bond acceptors (Lipinski definition) is 2. The van der Waals surface area contributed by atoms with Gasteiger partial charge in [-0.05, 0) is 56.4 Å². The largest absolute Gasteiger partial charge is 0.496 e. The third-order valence-electron chi connectivity index (χ3n) is 4.30. The summed E-state index contributed by atoms with van der Waals surface area (Å²) in [7, 11) is 1.75. The summed E-state index contributed by atoms with van der Waals surface area (Å²) >= 11 is 0. The van der Waals surface area contributed by atoms with E-state index in [0.29, 0.717) is 12.0 Å². The molecular weight excluding hydrogens is 248 g/mol. The highest BCUT2D eigenvalue weighted by Crippen LogP contribution is 2.41. The van der Waals surface area contributed by atoms with E-state index in [4.69, 9.17) is 4.74 Å². The number of ether oxygens (including phenoxy) is 1. The smallest absolute Gasteiger partial charge is 0.122 e. The molecule has 1 aromatic carbocycles. The van der Waals surface area contributed by atoms with Gasteiger partial charge in [-0.1, -0.05) is 18.2 Å². The van der Waals surface area contributed by atoms with Crippen molar-refractivity contribution in [1.82, 2.24) is 4.68 Å². The van der Waals surface area contributed by atoms with E-state index in [1.165, 1.54) is 17.0 Å². The maximum Gasteiger partial charge on any atom is 0.122 e. The van der Waals surface area contributed by atoms with Crippen LogP contribution in [0.4, 0.5) is 0 Å². The van der Waals surface area contributed by atoms with Crippen molar-refractivity contribution in [3.63, 3.8) is 0 Å². The molecule has 3 rings (SSSR count). The number of aromatic nitrogens is 1. The maximum absolute atomic E-state index is 5.46. The second-order valence-electron chi connectivity index (χ2n) is 5.69. The Kier molecular flexibility index (Phi) is 3.43. The summed E-state index contributed by atoms with van der Waals surface area (Å²) in [5.74, 6) is 1.63. The van der Waals surface area contributed by atoms with E-state index in [2.05, 4.69) is 54.3 Å². The molecule has 1 aromatic heterocycles. The Labute approximate surface area is 120 Å². The Morgan fingerprint density at radius 2 is 1.70 bits per heavy atom. The van der Waals surface area contributed by atoms with Gasteiger partial charge in [0.05, 0.1) is 7.11 Å². The zero-order valence-corrected chi connectivity index (χ0v) is 12.4. The Balaban J connectivity index is 1.64. The molecule has 106 valence electrons. The quantitative estimate of drug-likeness (QED) is 0.918. The highest BCUT2D eigenvalue weighted by Gasteiger charge is 2.32. The van der Waals surface area contributed by atoms with Crippen LogP contribution in [-0.2, 0) is 0 Å². The molecule has 1 aliphatic rings. The third-order valence-corrected chi connectivity index (χ3v) is 4.30. The molecule has 0 radical (unpaired) electrons. The van der Waals surface area contributed by atoms with Crippen LogP contribution in [0.5, 0.6) is 5.75 Å². The molecule has 1 saturated carbocycles. The Morgan fingerprint density at radius 3 is 2.35 bits per heavy atom. The van der Waals surface area contributed by atoms with Gasteiger partial charge in [0.1, 0.15) is 5.75 Å². The molecule has 0 atom stereocenters. The third kappa shape index (κ3) is 2.28. The molecule has 3 heteroatoms. The number of methoxy groups -OCH3 is 1. The van der Waals surface area contributed by atoms with Gasteiger partial charge < -0.3 is 10.2 Å². The van der Waals surface area contributed by atoms with Crippen LogP contribution in [0.15, 0.2) is 36.4 Å². The van der Waals surface area contributed by atoms with Crippen molar-refractivity contribution in [2.45, 2.75) is 38.6 Å². The number of para-hydroxylation sites is 1. The number of nitrogens with zero attached hydrogens (tertiary/aromatic N) is 1. The molecule has 0 aliphatic heterocycles. The predicted octanol–water partition coefficient (Wildman–Crippen LogP) is 3.60. The van der Waals surface area contributed by atoms with E-state index in [-0.39, 0.29) is 0 Å². The van der Waals surface area contributed by atoms with E-state index in [1.807, 2.05) is 6.07 Å². The van der Waals surface area contributed by atoms with Crippen LogP contribution >= 0.6 is 0 Å². The predicted molar refractivity (Wildman–Crippen MR) is 82.0 cm³/mol. The minimum absolute atomic E-state index is 0.551. The van der Waals surface area contributed by atoms with Crippen molar-refractivity contribution in [2.75, 3.05) is 12.5 Å². The van der Waals surface area contributed by atoms with Gasteiger partial charge in [-0.2, -0.15) is 0 Å². The summed E-state index contributed by atoms with van der Waals surface area (Å²) in [4.78, 5) is 0. The van der Waals surface area contributed by atoms with Crippen LogP contribution in [0.1, 0.15) is 35.7 Å². The lowest BCUT2D eigenvalue weighted by Crippen LogP contribution is -2.39. The first kappa shape index (κ1) is 13.1. The summed E-state index contributed by atoms with van der Waals surface area (Å²) in [5.41, 5.74) is 7.48. The standard InChI is InChI=1S/C17H22N2O/c1-12-8-9-13(2)19(12)18-15-10-14(11-15)16-6-4-5-7-17(16)20-3/h4-9,14-15,18H,10-11H2,1-3H3. The molecule has 1 aliphatic carbocycles. The monoisotopic (exact) mass is 270 g/mol. The first-order valence-electron chi connectivity index (χ1n) is 7.23. The van der Waals surface area contributed by atoms with Crippen molar-refractivity contribution >= 4 is 0 Å². The molecule has 0 unspecified atom stereocenters. The van der Waals surface area contributed by atoms with Crippen LogP contribution in [0, 0.1) is 13.8 Å². The van der Waals surface area contributed by atoms with Crippen LogP contribution in [0.2, 0.25) is 0 Å². The molecule has 3 nitrogen and oxygen atoms in total. The number of aryl methyl sites for hydroxylation is 2. The van der Waals surface area contributed by atoms with Gasteiger partial charge in [-0.3, -0.25) is 4.68 Å². The first-order valence-corrected chi connectivity index (χ1v) is 7.23. The summed E-state index contributed by atoms with van der Waals surface area (Å²) < 4.78 is 7.65. The average Bonchev–Trinajstić information content (AvgIpc) is 2.73. The average molecular weight is 270 g/mol. The van der Waals surface area contributed by atoms with Crippen LogP contribution < -0.4 is 10.2 Å². The number of nitrogens with one attached hydrogen (secondary N) is 1. The summed E-state index contributed by atoms with van der Waals surface area (Å²) in [5, 5.41) is 0. The number of hydrogen-bond donors (Lipinski definition) is 1. The van der Waals surface area contributed by atoms with Gasteiger partial charge in [0.15, 0.2) is 0 Å². The lowest BCUT2D eigenvalue weighted by atomic mass is 9.76. The zero-order chi connectivity index (χ0) is 14.1. The van der Waals surface area contributed by atoms with Gasteiger partial charge in [-0.15, -0.1) is 0 Å². The van der Waals surface area contributed by atoms with Gasteiger partial charge in [0.2, 0.25) is 0 Å². The molecule has 0 saturated heterocycles. The normalized spacial score (nSPS) is 21.4. The van der Waals surface area contributed by atoms with E-state index < -0.39 is 0 Å². The molecule has 0 bridgehead atoms. The lowest BCUT2D eigenvalue weighted by Gasteiger charge is -2.38. The topological polar surface area (TPSA) is 26.2 Å². The Bertz CT molecular complexity index is 577. The highest BCUT2D eigenvalue weighted by molar-refractivity contribution is 5.38. The Hall–Kier alpha value is -1.90. The maximum atomic E-state index is 5.46. The molecule has 2 aromatic rings.